The Kier molecular flexibility index (Phi) is 3.69. The molecule has 1 aromatic heterocycles. The molecule has 0 radical (unpaired) electrons. The minimum atomic E-state index is -0.0648. The molecule has 72 valence electrons. The molecule has 5 heteroatoms. The number of alkyl halides is 1. The molecule has 1 amide bonds. The van der Waals surface area contributed by atoms with Crippen LogP contribution in [0.4, 0.5) is 0 Å². The minimum absolute atomic E-state index is 0.0648. The number of hydrogen-bond acceptors (Lipinski definition) is 3. The van der Waals surface area contributed by atoms with Crippen molar-refractivity contribution in [1.29, 1.82) is 0 Å². The molecule has 0 fully saturated rings. The molecule has 1 heterocycles. The minimum Gasteiger partial charge on any atom is -0.339 e. The molecule has 0 saturated heterocycles. The van der Waals surface area contributed by atoms with Crippen LogP contribution in [0.5, 0.6) is 0 Å². The van der Waals surface area contributed by atoms with E-state index in [2.05, 4.69) is 4.98 Å². The molecule has 0 saturated carbocycles. The lowest BCUT2D eigenvalue weighted by Gasteiger charge is -2.13. The smallest absolute Gasteiger partial charge is 0.273 e. The summed E-state index contributed by atoms with van der Waals surface area (Å²) in [5, 5.41) is 2.67. The van der Waals surface area contributed by atoms with Gasteiger partial charge in [-0.25, -0.2) is 4.98 Å². The van der Waals surface area contributed by atoms with E-state index in [1.54, 1.807) is 17.3 Å². The van der Waals surface area contributed by atoms with Crippen molar-refractivity contribution in [2.24, 2.45) is 0 Å². The molecule has 1 rings (SSSR count). The van der Waals surface area contributed by atoms with Gasteiger partial charge in [-0.3, -0.25) is 4.79 Å². The summed E-state index contributed by atoms with van der Waals surface area (Å²) in [5.41, 5.74) is 0.509. The van der Waals surface area contributed by atoms with Crippen molar-refractivity contribution in [3.8, 4) is 0 Å². The number of rotatable bonds is 3. The van der Waals surface area contributed by atoms with Crippen LogP contribution in [0.1, 0.15) is 15.5 Å². The standard InChI is InChI=1S/C8H11ClN2OS/c1-6-10-7(5-13-6)8(12)11(2)4-3-9/h5H,3-4H2,1-2H3. The van der Waals surface area contributed by atoms with Crippen LogP contribution in [0.15, 0.2) is 5.38 Å². The molecule has 1 aromatic rings. The van der Waals surface area contributed by atoms with Gasteiger partial charge in [0.05, 0.1) is 5.01 Å². The number of aryl methyl sites for hydroxylation is 1. The van der Waals surface area contributed by atoms with Gasteiger partial charge in [-0.15, -0.1) is 22.9 Å². The molecule has 0 aliphatic rings. The number of aromatic nitrogens is 1. The topological polar surface area (TPSA) is 33.2 Å². The van der Waals surface area contributed by atoms with Crippen molar-refractivity contribution in [2.75, 3.05) is 19.5 Å². The predicted octanol–water partition coefficient (Wildman–Crippen LogP) is 1.76. The second-order valence-corrected chi connectivity index (χ2v) is 4.11. The zero-order valence-corrected chi connectivity index (χ0v) is 9.15. The number of carbonyl (C=O) groups excluding carboxylic acids is 1. The Labute approximate surface area is 86.3 Å². The van der Waals surface area contributed by atoms with E-state index in [4.69, 9.17) is 11.6 Å². The van der Waals surface area contributed by atoms with Gasteiger partial charge in [0.15, 0.2) is 0 Å². The number of hydrogen-bond donors (Lipinski definition) is 0. The van der Waals surface area contributed by atoms with Crippen molar-refractivity contribution < 1.29 is 4.79 Å². The monoisotopic (exact) mass is 218 g/mol. The first-order valence-electron chi connectivity index (χ1n) is 3.88. The Morgan fingerprint density at radius 1 is 1.77 bits per heavy atom. The Morgan fingerprint density at radius 3 is 2.92 bits per heavy atom. The Balaban J connectivity index is 2.67. The molecule has 0 atom stereocenters. The quantitative estimate of drug-likeness (QED) is 0.725. The van der Waals surface area contributed by atoms with Gasteiger partial charge < -0.3 is 4.90 Å². The second kappa shape index (κ2) is 4.58. The van der Waals surface area contributed by atoms with Crippen molar-refractivity contribution in [1.82, 2.24) is 9.88 Å². The van der Waals surface area contributed by atoms with Crippen molar-refractivity contribution in [2.45, 2.75) is 6.92 Å². The maximum absolute atomic E-state index is 11.6. The normalized spacial score (nSPS) is 10.1. The first-order valence-corrected chi connectivity index (χ1v) is 5.30. The van der Waals surface area contributed by atoms with Gasteiger partial charge in [-0.2, -0.15) is 0 Å². The molecule has 0 unspecified atom stereocenters. The third kappa shape index (κ3) is 2.67. The molecular formula is C8H11ClN2OS. The van der Waals surface area contributed by atoms with Crippen LogP contribution in [0.3, 0.4) is 0 Å². The largest absolute Gasteiger partial charge is 0.339 e. The molecular weight excluding hydrogens is 208 g/mol. The number of nitrogens with zero attached hydrogens (tertiary/aromatic N) is 2. The third-order valence-corrected chi connectivity index (χ3v) is 2.55. The maximum Gasteiger partial charge on any atom is 0.273 e. The lowest BCUT2D eigenvalue weighted by atomic mass is 10.4. The fraction of sp³-hybridized carbons (Fsp3) is 0.500. The summed E-state index contributed by atoms with van der Waals surface area (Å²) < 4.78 is 0. The second-order valence-electron chi connectivity index (χ2n) is 2.67. The number of halogens is 1. The van der Waals surface area contributed by atoms with Crippen molar-refractivity contribution in [3.63, 3.8) is 0 Å². The van der Waals surface area contributed by atoms with Crippen LogP contribution in [0, 0.1) is 6.92 Å². The van der Waals surface area contributed by atoms with E-state index in [-0.39, 0.29) is 5.91 Å². The summed E-state index contributed by atoms with van der Waals surface area (Å²) in [4.78, 5) is 17.2. The summed E-state index contributed by atoms with van der Waals surface area (Å²) >= 11 is 7.00. The van der Waals surface area contributed by atoms with Crippen LogP contribution in [-0.2, 0) is 0 Å². The van der Waals surface area contributed by atoms with Crippen LogP contribution in [-0.4, -0.2) is 35.3 Å². The van der Waals surface area contributed by atoms with Gasteiger partial charge in [0, 0.05) is 24.9 Å². The molecule has 0 spiro atoms. The van der Waals surface area contributed by atoms with Gasteiger partial charge in [0.2, 0.25) is 0 Å². The fourth-order valence-corrected chi connectivity index (χ4v) is 1.73. The average Bonchev–Trinajstić information content (AvgIpc) is 2.51. The number of thiazole rings is 1. The lowest BCUT2D eigenvalue weighted by molar-refractivity contribution is 0.0798. The number of amides is 1. The van der Waals surface area contributed by atoms with Gasteiger partial charge in [-0.05, 0) is 6.92 Å². The average molecular weight is 219 g/mol. The van der Waals surface area contributed by atoms with Crippen LogP contribution >= 0.6 is 22.9 Å². The number of carbonyl (C=O) groups is 1. The maximum atomic E-state index is 11.6. The molecule has 0 bridgehead atoms. The van der Waals surface area contributed by atoms with Crippen LogP contribution in [0.2, 0.25) is 0 Å². The summed E-state index contributed by atoms with van der Waals surface area (Å²) in [7, 11) is 1.72. The highest BCUT2D eigenvalue weighted by molar-refractivity contribution is 7.09. The molecule has 0 N–H and O–H groups in total. The van der Waals surface area contributed by atoms with E-state index in [0.29, 0.717) is 18.1 Å². The SMILES string of the molecule is Cc1nc(C(=O)N(C)CCCl)cs1. The zero-order chi connectivity index (χ0) is 9.84. The first-order chi connectivity index (χ1) is 6.15. The van der Waals surface area contributed by atoms with E-state index in [0.717, 1.165) is 5.01 Å². The third-order valence-electron chi connectivity index (χ3n) is 1.60. The highest BCUT2D eigenvalue weighted by atomic mass is 35.5. The first kappa shape index (κ1) is 10.5. The molecule has 0 aliphatic heterocycles. The molecule has 13 heavy (non-hydrogen) atoms. The molecule has 0 aliphatic carbocycles. The van der Waals surface area contributed by atoms with E-state index in [1.807, 2.05) is 6.92 Å². The Morgan fingerprint density at radius 2 is 2.46 bits per heavy atom. The highest BCUT2D eigenvalue weighted by Crippen LogP contribution is 2.09. The highest BCUT2D eigenvalue weighted by Gasteiger charge is 2.13. The van der Waals surface area contributed by atoms with Crippen LogP contribution in [0.25, 0.3) is 0 Å². The summed E-state index contributed by atoms with van der Waals surface area (Å²) in [6, 6.07) is 0. The van der Waals surface area contributed by atoms with Gasteiger partial charge >= 0.3 is 0 Å². The van der Waals surface area contributed by atoms with Gasteiger partial charge in [0.1, 0.15) is 5.69 Å². The van der Waals surface area contributed by atoms with Gasteiger partial charge in [0.25, 0.3) is 5.91 Å². The van der Waals surface area contributed by atoms with E-state index in [1.165, 1.54) is 11.3 Å². The van der Waals surface area contributed by atoms with Crippen molar-refractivity contribution in [3.05, 3.63) is 16.1 Å². The predicted molar refractivity (Wildman–Crippen MR) is 54.5 cm³/mol. The fourth-order valence-electron chi connectivity index (χ4n) is 0.886. The summed E-state index contributed by atoms with van der Waals surface area (Å²) in [6.45, 7) is 2.43. The van der Waals surface area contributed by atoms with E-state index >= 15 is 0 Å². The Hall–Kier alpha value is -0.610. The summed E-state index contributed by atoms with van der Waals surface area (Å²) in [5.74, 6) is 0.385. The lowest BCUT2D eigenvalue weighted by Crippen LogP contribution is -2.28. The van der Waals surface area contributed by atoms with Gasteiger partial charge in [-0.1, -0.05) is 0 Å². The van der Waals surface area contributed by atoms with E-state index in [9.17, 15) is 4.79 Å². The summed E-state index contributed by atoms with van der Waals surface area (Å²) in [6.07, 6.45) is 0. The van der Waals surface area contributed by atoms with Crippen LogP contribution < -0.4 is 0 Å². The Bertz CT molecular complexity index is 300. The zero-order valence-electron chi connectivity index (χ0n) is 7.58. The van der Waals surface area contributed by atoms with Crippen molar-refractivity contribution >= 4 is 28.8 Å². The molecule has 0 aromatic carbocycles. The molecule has 3 nitrogen and oxygen atoms in total. The van der Waals surface area contributed by atoms with E-state index < -0.39 is 0 Å².